The maximum atomic E-state index is 12.0. The van der Waals surface area contributed by atoms with E-state index >= 15 is 0 Å². The molecule has 0 aliphatic rings. The fourth-order valence-electron chi connectivity index (χ4n) is 1.45. The first-order valence-corrected chi connectivity index (χ1v) is 7.75. The quantitative estimate of drug-likeness (QED) is 0.607. The van der Waals surface area contributed by atoms with E-state index in [0.29, 0.717) is 24.7 Å². The summed E-state index contributed by atoms with van der Waals surface area (Å²) in [6, 6.07) is 4.41. The Morgan fingerprint density at radius 2 is 1.90 bits per heavy atom. The van der Waals surface area contributed by atoms with Crippen LogP contribution in [-0.4, -0.2) is 46.1 Å². The number of sulfonamides is 1. The van der Waals surface area contributed by atoms with Gasteiger partial charge in [-0.1, -0.05) is 0 Å². The third-order valence-corrected chi connectivity index (χ3v) is 4.37. The van der Waals surface area contributed by atoms with Crippen molar-refractivity contribution in [1.82, 2.24) is 4.31 Å². The van der Waals surface area contributed by atoms with Gasteiger partial charge in [0.05, 0.1) is 23.3 Å². The minimum atomic E-state index is -3.49. The number of nitrogens with zero attached hydrogens (tertiary/aromatic N) is 1. The van der Waals surface area contributed by atoms with Crippen LogP contribution in [0.1, 0.15) is 13.8 Å². The van der Waals surface area contributed by atoms with Crippen LogP contribution in [0.15, 0.2) is 23.1 Å². The molecule has 6 nitrogen and oxygen atoms in total. The van der Waals surface area contributed by atoms with Crippen LogP contribution >= 0.6 is 0 Å². The fraction of sp³-hybridized carbons (Fsp3) is 0.538. The van der Waals surface area contributed by atoms with Gasteiger partial charge in [0.2, 0.25) is 10.0 Å². The van der Waals surface area contributed by atoms with E-state index in [1.807, 2.05) is 13.8 Å². The zero-order valence-electron chi connectivity index (χ0n) is 12.3. The van der Waals surface area contributed by atoms with Crippen molar-refractivity contribution in [2.24, 2.45) is 0 Å². The predicted molar refractivity (Wildman–Crippen MR) is 78.3 cm³/mol. The Balaban J connectivity index is 2.82. The molecule has 0 heterocycles. The molecule has 0 radical (unpaired) electrons. The van der Waals surface area contributed by atoms with Gasteiger partial charge in [0.25, 0.3) is 0 Å². The van der Waals surface area contributed by atoms with Gasteiger partial charge < -0.3 is 15.2 Å². The van der Waals surface area contributed by atoms with E-state index in [1.54, 1.807) is 0 Å². The second kappa shape index (κ2) is 6.92. The summed E-state index contributed by atoms with van der Waals surface area (Å²) in [7, 11) is -0.544. The summed E-state index contributed by atoms with van der Waals surface area (Å²) in [5.74, 6) is 0.347. The molecular weight excluding hydrogens is 280 g/mol. The Morgan fingerprint density at radius 3 is 2.45 bits per heavy atom. The van der Waals surface area contributed by atoms with Gasteiger partial charge in [0.15, 0.2) is 0 Å². The molecule has 1 rings (SSSR count). The number of hydrogen-bond acceptors (Lipinski definition) is 5. The Morgan fingerprint density at radius 1 is 1.25 bits per heavy atom. The second-order valence-corrected chi connectivity index (χ2v) is 6.91. The molecular formula is C13H22N2O4S. The van der Waals surface area contributed by atoms with Gasteiger partial charge in [-0.15, -0.1) is 0 Å². The molecule has 0 amide bonds. The van der Waals surface area contributed by atoms with Crippen molar-refractivity contribution in [3.8, 4) is 5.75 Å². The molecule has 1 aromatic rings. The lowest BCUT2D eigenvalue weighted by Crippen LogP contribution is -2.22. The molecule has 0 aliphatic carbocycles. The molecule has 0 saturated carbocycles. The van der Waals surface area contributed by atoms with Crippen molar-refractivity contribution >= 4 is 15.7 Å². The minimum Gasteiger partial charge on any atom is -0.489 e. The van der Waals surface area contributed by atoms with Crippen LogP contribution in [0.25, 0.3) is 0 Å². The number of rotatable bonds is 7. The zero-order chi connectivity index (χ0) is 15.3. The Kier molecular flexibility index (Phi) is 5.79. The number of nitrogens with two attached hydrogens (primary N) is 1. The molecule has 7 heteroatoms. The maximum Gasteiger partial charge on any atom is 0.242 e. The van der Waals surface area contributed by atoms with Gasteiger partial charge >= 0.3 is 0 Å². The summed E-state index contributed by atoms with van der Waals surface area (Å²) in [6.07, 6.45) is 0.122. The summed E-state index contributed by atoms with van der Waals surface area (Å²) in [5, 5.41) is 0. The van der Waals surface area contributed by atoms with E-state index in [9.17, 15) is 8.42 Å². The van der Waals surface area contributed by atoms with E-state index in [4.69, 9.17) is 15.2 Å². The average Bonchev–Trinajstić information content (AvgIpc) is 2.35. The van der Waals surface area contributed by atoms with Gasteiger partial charge in [0.1, 0.15) is 12.4 Å². The van der Waals surface area contributed by atoms with E-state index in [1.165, 1.54) is 32.3 Å². The van der Waals surface area contributed by atoms with Crippen LogP contribution in [0.5, 0.6) is 5.75 Å². The van der Waals surface area contributed by atoms with E-state index < -0.39 is 10.0 Å². The summed E-state index contributed by atoms with van der Waals surface area (Å²) in [5.41, 5.74) is 6.17. The minimum absolute atomic E-state index is 0.122. The molecule has 1 aromatic carbocycles. The topological polar surface area (TPSA) is 81.9 Å². The third kappa shape index (κ3) is 4.36. The first-order chi connectivity index (χ1) is 9.25. The molecule has 0 unspecified atom stereocenters. The normalized spacial score (nSPS) is 12.1. The molecule has 114 valence electrons. The number of benzene rings is 1. The van der Waals surface area contributed by atoms with Crippen molar-refractivity contribution in [3.63, 3.8) is 0 Å². The first-order valence-electron chi connectivity index (χ1n) is 6.31. The maximum absolute atomic E-state index is 12.0. The molecule has 0 saturated heterocycles. The fourth-order valence-corrected chi connectivity index (χ4v) is 2.36. The molecule has 0 aliphatic heterocycles. The van der Waals surface area contributed by atoms with Crippen LogP contribution in [0.2, 0.25) is 0 Å². The summed E-state index contributed by atoms with van der Waals surface area (Å²) >= 11 is 0. The van der Waals surface area contributed by atoms with E-state index in [0.717, 1.165) is 4.31 Å². The molecule has 20 heavy (non-hydrogen) atoms. The van der Waals surface area contributed by atoms with Crippen LogP contribution in [0.4, 0.5) is 5.69 Å². The van der Waals surface area contributed by atoms with Crippen molar-refractivity contribution in [2.45, 2.75) is 24.8 Å². The van der Waals surface area contributed by atoms with Gasteiger partial charge in [-0.05, 0) is 26.0 Å². The smallest absolute Gasteiger partial charge is 0.242 e. The van der Waals surface area contributed by atoms with Crippen molar-refractivity contribution in [3.05, 3.63) is 18.2 Å². The Bertz CT molecular complexity index is 541. The highest BCUT2D eigenvalue weighted by molar-refractivity contribution is 7.89. The molecule has 0 fully saturated rings. The lowest BCUT2D eigenvalue weighted by Gasteiger charge is -2.14. The lowest BCUT2D eigenvalue weighted by atomic mass is 10.3. The third-order valence-electron chi connectivity index (χ3n) is 2.56. The highest BCUT2D eigenvalue weighted by Crippen LogP contribution is 2.26. The van der Waals surface area contributed by atoms with Gasteiger partial charge in [0, 0.05) is 20.2 Å². The molecule has 0 spiro atoms. The molecule has 0 bridgehead atoms. The largest absolute Gasteiger partial charge is 0.489 e. The average molecular weight is 302 g/mol. The summed E-state index contributed by atoms with van der Waals surface area (Å²) in [4.78, 5) is 0.150. The summed E-state index contributed by atoms with van der Waals surface area (Å²) in [6.45, 7) is 4.59. The van der Waals surface area contributed by atoms with Crippen LogP contribution in [0.3, 0.4) is 0 Å². The van der Waals surface area contributed by atoms with Gasteiger partial charge in [-0.25, -0.2) is 12.7 Å². The Hall–Kier alpha value is -1.31. The number of ether oxygens (including phenoxy) is 2. The molecule has 2 N–H and O–H groups in total. The highest BCUT2D eigenvalue weighted by Gasteiger charge is 2.18. The number of hydrogen-bond donors (Lipinski definition) is 1. The predicted octanol–water partition coefficient (Wildman–Crippen LogP) is 1.32. The van der Waals surface area contributed by atoms with Crippen molar-refractivity contribution < 1.29 is 17.9 Å². The summed E-state index contributed by atoms with van der Waals surface area (Å²) < 4.78 is 36.0. The van der Waals surface area contributed by atoms with E-state index in [-0.39, 0.29) is 11.0 Å². The monoisotopic (exact) mass is 302 g/mol. The highest BCUT2D eigenvalue weighted by atomic mass is 32.2. The standard InChI is InChI=1S/C13H22N2O4S/c1-10(2)18-7-8-19-13-9-11(5-6-12(13)14)20(16,17)15(3)4/h5-6,9-10H,7-8,14H2,1-4H3. The van der Waals surface area contributed by atoms with Crippen LogP contribution in [-0.2, 0) is 14.8 Å². The number of nitrogen functional groups attached to an aromatic ring is 1. The second-order valence-electron chi connectivity index (χ2n) is 4.76. The number of anilines is 1. The lowest BCUT2D eigenvalue weighted by molar-refractivity contribution is 0.0554. The Labute approximate surface area is 120 Å². The van der Waals surface area contributed by atoms with Gasteiger partial charge in [-0.2, -0.15) is 0 Å². The molecule has 0 aromatic heterocycles. The van der Waals surface area contributed by atoms with Crippen LogP contribution in [0, 0.1) is 0 Å². The van der Waals surface area contributed by atoms with Crippen molar-refractivity contribution in [2.75, 3.05) is 33.0 Å². The van der Waals surface area contributed by atoms with E-state index in [2.05, 4.69) is 0 Å². The first kappa shape index (κ1) is 16.7. The SMILES string of the molecule is CC(C)OCCOc1cc(S(=O)(=O)N(C)C)ccc1N. The van der Waals surface area contributed by atoms with Gasteiger partial charge in [-0.3, -0.25) is 0 Å². The van der Waals surface area contributed by atoms with Crippen molar-refractivity contribution in [1.29, 1.82) is 0 Å². The molecule has 0 atom stereocenters. The zero-order valence-corrected chi connectivity index (χ0v) is 13.1. The van der Waals surface area contributed by atoms with Crippen LogP contribution < -0.4 is 10.5 Å².